The van der Waals surface area contributed by atoms with Crippen LogP contribution in [0.3, 0.4) is 0 Å². The van der Waals surface area contributed by atoms with Gasteiger partial charge in [-0.15, -0.1) is 23.1 Å². The van der Waals surface area contributed by atoms with E-state index < -0.39 is 0 Å². The second kappa shape index (κ2) is 5.71. The monoisotopic (exact) mass is 337 g/mol. The van der Waals surface area contributed by atoms with Crippen molar-refractivity contribution in [3.63, 3.8) is 0 Å². The standard InChI is InChI=1S/C14H12ClN3OS2/c1-8-6-21-14-17-10(5-13(19)18(8)14)7-20-12-3-2-9(16)4-11(12)15/h2-6H,7,16H2,1H3. The highest BCUT2D eigenvalue weighted by Crippen LogP contribution is 2.30. The molecule has 0 atom stereocenters. The van der Waals surface area contributed by atoms with E-state index in [1.165, 1.54) is 23.1 Å². The van der Waals surface area contributed by atoms with Gasteiger partial charge >= 0.3 is 0 Å². The van der Waals surface area contributed by atoms with Crippen LogP contribution in [0.15, 0.2) is 39.3 Å². The number of anilines is 1. The molecule has 0 spiro atoms. The molecule has 0 fully saturated rings. The first-order valence-corrected chi connectivity index (χ1v) is 8.43. The summed E-state index contributed by atoms with van der Waals surface area (Å²) >= 11 is 9.15. The number of nitrogens with two attached hydrogens (primary N) is 1. The second-order valence-corrected chi connectivity index (χ2v) is 6.82. The van der Waals surface area contributed by atoms with Gasteiger partial charge in [0, 0.05) is 33.5 Å². The Morgan fingerprint density at radius 3 is 3.00 bits per heavy atom. The Kier molecular flexibility index (Phi) is 3.93. The van der Waals surface area contributed by atoms with Crippen molar-refractivity contribution in [3.05, 3.63) is 56.4 Å². The quantitative estimate of drug-likeness (QED) is 0.586. The molecule has 2 aromatic heterocycles. The van der Waals surface area contributed by atoms with E-state index in [2.05, 4.69) is 4.98 Å². The average Bonchev–Trinajstić information content (AvgIpc) is 2.80. The molecule has 0 radical (unpaired) electrons. The van der Waals surface area contributed by atoms with Crippen molar-refractivity contribution in [2.24, 2.45) is 0 Å². The van der Waals surface area contributed by atoms with E-state index in [1.54, 1.807) is 16.5 Å². The molecule has 0 aliphatic carbocycles. The summed E-state index contributed by atoms with van der Waals surface area (Å²) in [5.74, 6) is 0.590. The van der Waals surface area contributed by atoms with E-state index in [9.17, 15) is 4.79 Å². The van der Waals surface area contributed by atoms with E-state index in [-0.39, 0.29) is 5.56 Å². The Morgan fingerprint density at radius 1 is 1.43 bits per heavy atom. The molecular formula is C14H12ClN3OS2. The molecule has 7 heteroatoms. The summed E-state index contributed by atoms with van der Waals surface area (Å²) in [6.07, 6.45) is 0. The fourth-order valence-corrected chi connectivity index (χ4v) is 4.02. The number of halogens is 1. The van der Waals surface area contributed by atoms with Crippen LogP contribution in [0.1, 0.15) is 11.4 Å². The maximum Gasteiger partial charge on any atom is 0.258 e. The lowest BCUT2D eigenvalue weighted by atomic mass is 10.3. The van der Waals surface area contributed by atoms with Crippen molar-refractivity contribution in [1.29, 1.82) is 0 Å². The number of nitrogens with zero attached hydrogens (tertiary/aromatic N) is 2. The van der Waals surface area contributed by atoms with Gasteiger partial charge in [-0.25, -0.2) is 4.98 Å². The molecule has 108 valence electrons. The highest BCUT2D eigenvalue weighted by Gasteiger charge is 2.08. The van der Waals surface area contributed by atoms with Crippen LogP contribution in [0.25, 0.3) is 4.96 Å². The van der Waals surface area contributed by atoms with Crippen LogP contribution < -0.4 is 11.3 Å². The first-order chi connectivity index (χ1) is 10.0. The number of thiazole rings is 1. The normalized spacial score (nSPS) is 11.1. The average molecular weight is 338 g/mol. The summed E-state index contributed by atoms with van der Waals surface area (Å²) in [7, 11) is 0. The SMILES string of the molecule is Cc1csc2nc(CSc3ccc(N)cc3Cl)cc(=O)n12. The van der Waals surface area contributed by atoms with Gasteiger partial charge in [-0.05, 0) is 25.1 Å². The van der Waals surface area contributed by atoms with E-state index in [0.29, 0.717) is 16.5 Å². The Balaban J connectivity index is 1.87. The Bertz CT molecular complexity index is 872. The molecule has 1 aromatic carbocycles. The Morgan fingerprint density at radius 2 is 2.24 bits per heavy atom. The molecule has 0 aliphatic heterocycles. The van der Waals surface area contributed by atoms with Gasteiger partial charge in [0.25, 0.3) is 5.56 Å². The highest BCUT2D eigenvalue weighted by atomic mass is 35.5. The van der Waals surface area contributed by atoms with Gasteiger partial charge in [0.1, 0.15) is 0 Å². The number of rotatable bonds is 3. The summed E-state index contributed by atoms with van der Waals surface area (Å²) in [6.45, 7) is 1.90. The molecule has 0 unspecified atom stereocenters. The molecule has 2 N–H and O–H groups in total. The fraction of sp³-hybridized carbons (Fsp3) is 0.143. The van der Waals surface area contributed by atoms with Gasteiger partial charge in [0.05, 0.1) is 10.7 Å². The fourth-order valence-electron chi connectivity index (χ4n) is 1.96. The smallest absolute Gasteiger partial charge is 0.258 e. The molecule has 0 amide bonds. The Hall–Kier alpha value is -1.50. The molecule has 0 aliphatic rings. The lowest BCUT2D eigenvalue weighted by Crippen LogP contribution is -2.14. The van der Waals surface area contributed by atoms with Crippen molar-refractivity contribution in [2.75, 3.05) is 5.73 Å². The number of aryl methyl sites for hydroxylation is 1. The molecule has 2 heterocycles. The molecule has 3 rings (SSSR count). The molecule has 0 bridgehead atoms. The van der Waals surface area contributed by atoms with Crippen LogP contribution in [-0.4, -0.2) is 9.38 Å². The number of aromatic nitrogens is 2. The Labute approximate surface area is 134 Å². The highest BCUT2D eigenvalue weighted by molar-refractivity contribution is 7.98. The van der Waals surface area contributed by atoms with Crippen LogP contribution in [0, 0.1) is 6.92 Å². The minimum atomic E-state index is -0.0437. The van der Waals surface area contributed by atoms with Crippen LogP contribution >= 0.6 is 34.7 Å². The van der Waals surface area contributed by atoms with Gasteiger partial charge in [0.15, 0.2) is 4.96 Å². The zero-order valence-electron chi connectivity index (χ0n) is 11.2. The number of benzene rings is 1. The lowest BCUT2D eigenvalue weighted by molar-refractivity contribution is 0.997. The molecular weight excluding hydrogens is 326 g/mol. The first-order valence-electron chi connectivity index (χ1n) is 6.19. The first kappa shape index (κ1) is 14.4. The third-order valence-electron chi connectivity index (χ3n) is 2.96. The molecule has 3 aromatic rings. The van der Waals surface area contributed by atoms with Gasteiger partial charge < -0.3 is 5.73 Å². The minimum absolute atomic E-state index is 0.0437. The van der Waals surface area contributed by atoms with Crippen LogP contribution in [-0.2, 0) is 5.75 Å². The third-order valence-corrected chi connectivity index (χ3v) is 5.44. The summed E-state index contributed by atoms with van der Waals surface area (Å²) < 4.78 is 1.62. The maximum absolute atomic E-state index is 12.1. The summed E-state index contributed by atoms with van der Waals surface area (Å²) in [4.78, 5) is 18.2. The zero-order chi connectivity index (χ0) is 15.0. The van der Waals surface area contributed by atoms with Crippen LogP contribution in [0.2, 0.25) is 5.02 Å². The summed E-state index contributed by atoms with van der Waals surface area (Å²) in [5, 5.41) is 2.54. The van der Waals surface area contributed by atoms with Gasteiger partial charge in [0.2, 0.25) is 0 Å². The summed E-state index contributed by atoms with van der Waals surface area (Å²) in [5.41, 5.74) is 7.92. The van der Waals surface area contributed by atoms with Gasteiger partial charge in [-0.1, -0.05) is 11.6 Å². The molecule has 4 nitrogen and oxygen atoms in total. The topological polar surface area (TPSA) is 60.4 Å². The number of fused-ring (bicyclic) bond motifs is 1. The van der Waals surface area contributed by atoms with Crippen LogP contribution in [0.4, 0.5) is 5.69 Å². The maximum atomic E-state index is 12.1. The molecule has 0 saturated carbocycles. The molecule has 0 saturated heterocycles. The van der Waals surface area contributed by atoms with Crippen molar-refractivity contribution in [3.8, 4) is 0 Å². The van der Waals surface area contributed by atoms with E-state index in [0.717, 1.165) is 21.2 Å². The van der Waals surface area contributed by atoms with Crippen molar-refractivity contribution in [1.82, 2.24) is 9.38 Å². The predicted octanol–water partition coefficient (Wildman–Crippen LogP) is 3.59. The van der Waals surface area contributed by atoms with Crippen molar-refractivity contribution < 1.29 is 0 Å². The largest absolute Gasteiger partial charge is 0.399 e. The van der Waals surface area contributed by atoms with E-state index in [4.69, 9.17) is 17.3 Å². The lowest BCUT2D eigenvalue weighted by Gasteiger charge is -2.05. The number of hydrogen-bond acceptors (Lipinski definition) is 5. The number of hydrogen-bond donors (Lipinski definition) is 1. The third kappa shape index (κ3) is 2.92. The second-order valence-electron chi connectivity index (χ2n) is 4.56. The van der Waals surface area contributed by atoms with Crippen molar-refractivity contribution >= 4 is 45.3 Å². The predicted molar refractivity (Wildman–Crippen MR) is 89.5 cm³/mol. The number of nitrogen functional groups attached to an aromatic ring is 1. The molecule has 21 heavy (non-hydrogen) atoms. The van der Waals surface area contributed by atoms with E-state index >= 15 is 0 Å². The van der Waals surface area contributed by atoms with Gasteiger partial charge in [-0.2, -0.15) is 0 Å². The van der Waals surface area contributed by atoms with Gasteiger partial charge in [-0.3, -0.25) is 9.20 Å². The number of thioether (sulfide) groups is 1. The zero-order valence-corrected chi connectivity index (χ0v) is 13.6. The minimum Gasteiger partial charge on any atom is -0.399 e. The van der Waals surface area contributed by atoms with E-state index in [1.807, 2.05) is 24.4 Å². The van der Waals surface area contributed by atoms with Crippen molar-refractivity contribution in [2.45, 2.75) is 17.6 Å². The van der Waals surface area contributed by atoms with Crippen LogP contribution in [0.5, 0.6) is 0 Å². The summed E-state index contributed by atoms with van der Waals surface area (Å²) in [6, 6.07) is 6.98.